The summed E-state index contributed by atoms with van der Waals surface area (Å²) in [6.45, 7) is 0. The second kappa shape index (κ2) is 2.54. The highest BCUT2D eigenvalue weighted by Gasteiger charge is 1.95. The van der Waals surface area contributed by atoms with Crippen molar-refractivity contribution in [3.8, 4) is 0 Å². The monoisotopic (exact) mass is 141 g/mol. The van der Waals surface area contributed by atoms with Crippen molar-refractivity contribution in [3.63, 3.8) is 0 Å². The average molecular weight is 141 g/mol. The van der Waals surface area contributed by atoms with Crippen molar-refractivity contribution in [2.24, 2.45) is 0 Å². The summed E-state index contributed by atoms with van der Waals surface area (Å²) < 4.78 is 21.3. The second-order valence-corrected chi connectivity index (χ2v) is 4.68. The van der Waals surface area contributed by atoms with E-state index in [-0.39, 0.29) is 0 Å². The molecule has 7 heavy (non-hydrogen) atoms. The maximum Gasteiger partial charge on any atom is 0.215 e. The van der Waals surface area contributed by atoms with Gasteiger partial charge in [-0.25, -0.2) is 8.99 Å². The Bertz CT molecular complexity index is 117. The Morgan fingerprint density at radius 2 is 2.29 bits per heavy atom. The molecule has 0 aliphatic carbocycles. The van der Waals surface area contributed by atoms with E-state index in [1.54, 1.807) is 6.26 Å². The minimum absolute atomic E-state index is 0.899. The molecule has 0 aliphatic heterocycles. The number of hydrogen-bond donors (Lipinski definition) is 1. The van der Waals surface area contributed by atoms with Crippen molar-refractivity contribution in [3.05, 3.63) is 0 Å². The molecule has 0 aromatic rings. The van der Waals surface area contributed by atoms with Crippen LogP contribution in [0.4, 0.5) is 0 Å². The van der Waals surface area contributed by atoms with Crippen LogP contribution in [0.15, 0.2) is 0 Å². The molecule has 0 radical (unpaired) electrons. The molecule has 1 atom stereocenters. The molecule has 3 nitrogen and oxygen atoms in total. The van der Waals surface area contributed by atoms with E-state index in [1.807, 2.05) is 0 Å². The quantitative estimate of drug-likeness (QED) is 0.580. The maximum atomic E-state index is 10.3. The highest BCUT2D eigenvalue weighted by atomic mass is 33.1. The lowest BCUT2D eigenvalue weighted by Gasteiger charge is -1.94. The van der Waals surface area contributed by atoms with Gasteiger partial charge >= 0.3 is 0 Å². The first-order valence-corrected chi connectivity index (χ1v) is 4.75. The van der Waals surface area contributed by atoms with Gasteiger partial charge in [0.1, 0.15) is 0 Å². The van der Waals surface area contributed by atoms with E-state index in [1.165, 1.54) is 7.11 Å². The van der Waals surface area contributed by atoms with Crippen molar-refractivity contribution < 1.29 is 8.39 Å². The van der Waals surface area contributed by atoms with Gasteiger partial charge in [-0.2, -0.15) is 0 Å². The van der Waals surface area contributed by atoms with Gasteiger partial charge in [0.2, 0.25) is 9.04 Å². The van der Waals surface area contributed by atoms with E-state index < -0.39 is 9.04 Å². The third-order valence-corrected chi connectivity index (χ3v) is 3.04. The molecule has 0 bridgehead atoms. The minimum Gasteiger partial charge on any atom is -0.280 e. The molecule has 1 N–H and O–H groups in total. The van der Waals surface area contributed by atoms with Crippen molar-refractivity contribution in [1.29, 1.82) is 4.78 Å². The maximum absolute atomic E-state index is 10.3. The molecule has 0 saturated carbocycles. The SMILES string of the molecule is COS(=N)(=O)SC. The Morgan fingerprint density at radius 1 is 1.86 bits per heavy atom. The Balaban J connectivity index is 3.89. The van der Waals surface area contributed by atoms with Gasteiger partial charge in [0.15, 0.2) is 0 Å². The zero-order chi connectivity index (χ0) is 5.91. The third kappa shape index (κ3) is 2.90. The molecule has 0 aromatic carbocycles. The van der Waals surface area contributed by atoms with Crippen molar-refractivity contribution in [2.75, 3.05) is 13.4 Å². The molecular weight excluding hydrogens is 134 g/mol. The first-order valence-electron chi connectivity index (χ1n) is 1.52. The zero-order valence-electron chi connectivity index (χ0n) is 4.13. The number of hydrogen-bond acceptors (Lipinski definition) is 4. The third-order valence-electron chi connectivity index (χ3n) is 0.439. The normalized spacial score (nSPS) is 18.6. The van der Waals surface area contributed by atoms with Crippen LogP contribution in [-0.2, 0) is 13.2 Å². The summed E-state index contributed by atoms with van der Waals surface area (Å²) >= 11 is 0. The largest absolute Gasteiger partial charge is 0.280 e. The van der Waals surface area contributed by atoms with E-state index in [0.717, 1.165) is 10.8 Å². The van der Waals surface area contributed by atoms with Gasteiger partial charge < -0.3 is 0 Å². The van der Waals surface area contributed by atoms with Crippen molar-refractivity contribution in [2.45, 2.75) is 0 Å². The fraction of sp³-hybridized carbons (Fsp3) is 1.00. The fourth-order valence-corrected chi connectivity index (χ4v) is 0.612. The summed E-state index contributed by atoms with van der Waals surface area (Å²) in [5.41, 5.74) is 0. The van der Waals surface area contributed by atoms with Crippen LogP contribution < -0.4 is 0 Å². The van der Waals surface area contributed by atoms with Gasteiger partial charge in [0, 0.05) is 0 Å². The molecule has 5 heteroatoms. The first kappa shape index (κ1) is 7.26. The van der Waals surface area contributed by atoms with Crippen LogP contribution in [-0.4, -0.2) is 17.6 Å². The molecule has 0 saturated heterocycles. The smallest absolute Gasteiger partial charge is 0.215 e. The summed E-state index contributed by atoms with van der Waals surface area (Å²) in [6, 6.07) is 0. The molecule has 0 heterocycles. The molecule has 0 amide bonds. The molecule has 0 fully saturated rings. The fourth-order valence-electron chi connectivity index (χ4n) is 0.0680. The molecule has 0 aliphatic rings. The highest BCUT2D eigenvalue weighted by molar-refractivity contribution is 8.70. The van der Waals surface area contributed by atoms with Gasteiger partial charge in [0.25, 0.3) is 0 Å². The van der Waals surface area contributed by atoms with Gasteiger partial charge in [-0.05, 0) is 17.0 Å². The van der Waals surface area contributed by atoms with Crippen LogP contribution in [0.2, 0.25) is 0 Å². The van der Waals surface area contributed by atoms with Crippen molar-refractivity contribution >= 4 is 19.8 Å². The Labute approximate surface area is 47.0 Å². The number of rotatable bonds is 2. The summed E-state index contributed by atoms with van der Waals surface area (Å²) in [6.07, 6.45) is 1.57. The summed E-state index contributed by atoms with van der Waals surface area (Å²) in [4.78, 5) is 0. The number of nitrogens with one attached hydrogen (secondary N) is 1. The average Bonchev–Trinajstić information content (AvgIpc) is 1.68. The van der Waals surface area contributed by atoms with Crippen LogP contribution >= 0.6 is 10.8 Å². The molecule has 0 aromatic heterocycles. The predicted molar refractivity (Wildman–Crippen MR) is 31.4 cm³/mol. The van der Waals surface area contributed by atoms with Gasteiger partial charge in [-0.15, -0.1) is 0 Å². The van der Waals surface area contributed by atoms with Crippen molar-refractivity contribution in [1.82, 2.24) is 0 Å². The van der Waals surface area contributed by atoms with Crippen LogP contribution in [0.3, 0.4) is 0 Å². The van der Waals surface area contributed by atoms with E-state index in [4.69, 9.17) is 4.78 Å². The minimum atomic E-state index is -2.74. The molecule has 44 valence electrons. The zero-order valence-corrected chi connectivity index (χ0v) is 5.77. The van der Waals surface area contributed by atoms with E-state index in [0.29, 0.717) is 0 Å². The highest BCUT2D eigenvalue weighted by Crippen LogP contribution is 2.07. The standard InChI is InChI=1S/C2H7NO2S2/c1-5-7(3,4)6-2/h3H,1-2H3. The molecule has 0 rings (SSSR count). The molecule has 1 unspecified atom stereocenters. The molecular formula is C2H7NO2S2. The Morgan fingerprint density at radius 3 is 2.29 bits per heavy atom. The topological polar surface area (TPSA) is 50.1 Å². The van der Waals surface area contributed by atoms with Crippen LogP contribution in [0.25, 0.3) is 0 Å². The lowest BCUT2D eigenvalue weighted by atomic mass is 11.8. The van der Waals surface area contributed by atoms with Crippen LogP contribution in [0.5, 0.6) is 0 Å². The summed E-state index contributed by atoms with van der Waals surface area (Å²) in [5, 5.41) is 0. The lowest BCUT2D eigenvalue weighted by molar-refractivity contribution is 0.447. The van der Waals surface area contributed by atoms with Gasteiger partial charge in [-0.3, -0.25) is 4.18 Å². The first-order chi connectivity index (χ1) is 3.12. The van der Waals surface area contributed by atoms with E-state index >= 15 is 0 Å². The summed E-state index contributed by atoms with van der Waals surface area (Å²) in [5.74, 6) is 0. The molecule has 0 spiro atoms. The van der Waals surface area contributed by atoms with E-state index in [2.05, 4.69) is 4.18 Å². The second-order valence-electron chi connectivity index (χ2n) is 0.787. The van der Waals surface area contributed by atoms with Crippen LogP contribution in [0.1, 0.15) is 0 Å². The Kier molecular flexibility index (Phi) is 2.63. The van der Waals surface area contributed by atoms with E-state index in [9.17, 15) is 4.21 Å². The Hall–Kier alpha value is 0.260. The van der Waals surface area contributed by atoms with Gasteiger partial charge in [-0.1, -0.05) is 0 Å². The van der Waals surface area contributed by atoms with Crippen LogP contribution in [0, 0.1) is 4.78 Å². The summed E-state index contributed by atoms with van der Waals surface area (Å²) in [7, 11) is -0.586. The lowest BCUT2D eigenvalue weighted by Crippen LogP contribution is -1.89. The predicted octanol–water partition coefficient (Wildman–Crippen LogP) is 0.873. The van der Waals surface area contributed by atoms with Gasteiger partial charge in [0.05, 0.1) is 7.11 Å².